The van der Waals surface area contributed by atoms with Crippen LogP contribution in [0.1, 0.15) is 33.1 Å². The van der Waals surface area contributed by atoms with E-state index in [1.54, 1.807) is 18.6 Å². The van der Waals surface area contributed by atoms with Crippen molar-refractivity contribution in [3.05, 3.63) is 61.2 Å². The maximum atomic E-state index is 10.5. The predicted molar refractivity (Wildman–Crippen MR) is 118 cm³/mol. The monoisotopic (exact) mass is 401 g/mol. The van der Waals surface area contributed by atoms with Crippen LogP contribution in [0.5, 0.6) is 5.75 Å². The number of nitrogens with zero attached hydrogens (tertiary/aromatic N) is 5. The fourth-order valence-electron chi connectivity index (χ4n) is 5.30. The Hall–Kier alpha value is -3.15. The number of rotatable bonds is 4. The summed E-state index contributed by atoms with van der Waals surface area (Å²) in [7, 11) is 2.11. The summed E-state index contributed by atoms with van der Waals surface area (Å²) in [5, 5.41) is 19.4. The van der Waals surface area contributed by atoms with Crippen molar-refractivity contribution in [2.45, 2.75) is 39.2 Å². The number of allylic oxidation sites excluding steroid dienone is 2. The number of aromatic hydroxyl groups is 1. The molecule has 0 aliphatic heterocycles. The summed E-state index contributed by atoms with van der Waals surface area (Å²) in [4.78, 5) is 6.31. The second-order valence-corrected chi connectivity index (χ2v) is 9.44. The van der Waals surface area contributed by atoms with Gasteiger partial charge in [0.15, 0.2) is 5.82 Å². The van der Waals surface area contributed by atoms with E-state index in [0.717, 1.165) is 24.3 Å². The molecule has 2 aliphatic rings. The third-order valence-corrected chi connectivity index (χ3v) is 6.72. The summed E-state index contributed by atoms with van der Waals surface area (Å²) < 4.78 is 1.85. The predicted octanol–water partition coefficient (Wildman–Crippen LogP) is 4.61. The van der Waals surface area contributed by atoms with Gasteiger partial charge in [0.05, 0.1) is 17.7 Å². The Balaban J connectivity index is 1.36. The molecule has 1 aromatic carbocycles. The first kappa shape index (κ1) is 18.9. The first-order chi connectivity index (χ1) is 14.3. The van der Waals surface area contributed by atoms with Crippen molar-refractivity contribution in [2.24, 2.45) is 10.8 Å². The Morgan fingerprint density at radius 1 is 1.07 bits per heavy atom. The van der Waals surface area contributed by atoms with Crippen molar-refractivity contribution in [1.29, 1.82) is 0 Å². The Morgan fingerprint density at radius 3 is 2.43 bits per heavy atom. The van der Waals surface area contributed by atoms with Gasteiger partial charge >= 0.3 is 0 Å². The molecule has 30 heavy (non-hydrogen) atoms. The number of imidazole rings is 1. The van der Waals surface area contributed by atoms with Crippen molar-refractivity contribution in [2.75, 3.05) is 11.9 Å². The number of anilines is 1. The molecule has 1 saturated carbocycles. The molecule has 0 spiro atoms. The summed E-state index contributed by atoms with van der Waals surface area (Å²) in [6.45, 7) is 4.72. The molecule has 154 valence electrons. The van der Waals surface area contributed by atoms with E-state index >= 15 is 0 Å². The first-order valence-corrected chi connectivity index (χ1v) is 10.4. The highest BCUT2D eigenvalue weighted by molar-refractivity contribution is 5.69. The van der Waals surface area contributed by atoms with Gasteiger partial charge < -0.3 is 14.6 Å². The lowest BCUT2D eigenvalue weighted by Gasteiger charge is -2.44. The summed E-state index contributed by atoms with van der Waals surface area (Å²) >= 11 is 0. The minimum Gasteiger partial charge on any atom is -0.507 e. The van der Waals surface area contributed by atoms with E-state index in [-0.39, 0.29) is 16.6 Å². The van der Waals surface area contributed by atoms with Crippen LogP contribution in [-0.2, 0) is 0 Å². The standard InChI is InChI=1S/C24H27N5O/c1-23-8-9-24(2,15-23)14-18(13-23)28(3)22-7-6-20(26-27-22)19-5-4-17(12-21(19)30)29-11-10-25-16-29/h4-12,16,18,30H,13-15H2,1-3H3/t18-,23-,24+. The van der Waals surface area contributed by atoms with Gasteiger partial charge in [-0.25, -0.2) is 4.98 Å². The molecule has 6 heteroatoms. The quantitative estimate of drug-likeness (QED) is 0.647. The third kappa shape index (κ3) is 3.26. The lowest BCUT2D eigenvalue weighted by atomic mass is 9.67. The van der Waals surface area contributed by atoms with Crippen LogP contribution in [0.3, 0.4) is 0 Å². The van der Waals surface area contributed by atoms with E-state index < -0.39 is 0 Å². The minimum atomic E-state index is 0.174. The minimum absolute atomic E-state index is 0.174. The molecule has 0 unspecified atom stereocenters. The van der Waals surface area contributed by atoms with Crippen LogP contribution in [0.15, 0.2) is 61.2 Å². The van der Waals surface area contributed by atoms with E-state index in [2.05, 4.69) is 53.1 Å². The van der Waals surface area contributed by atoms with Crippen molar-refractivity contribution >= 4 is 5.82 Å². The molecule has 0 saturated heterocycles. The Kier molecular flexibility index (Phi) is 4.20. The van der Waals surface area contributed by atoms with Crippen molar-refractivity contribution in [1.82, 2.24) is 19.7 Å². The fraction of sp³-hybridized carbons (Fsp3) is 0.375. The fourth-order valence-corrected chi connectivity index (χ4v) is 5.30. The number of hydrogen-bond donors (Lipinski definition) is 1. The van der Waals surface area contributed by atoms with Crippen molar-refractivity contribution in [3.63, 3.8) is 0 Å². The van der Waals surface area contributed by atoms with Crippen molar-refractivity contribution < 1.29 is 5.11 Å². The van der Waals surface area contributed by atoms with Crippen LogP contribution in [0, 0.1) is 10.8 Å². The lowest BCUT2D eigenvalue weighted by molar-refractivity contribution is 0.169. The average Bonchev–Trinajstić information content (AvgIpc) is 3.33. The van der Waals surface area contributed by atoms with Crippen LogP contribution >= 0.6 is 0 Å². The molecule has 2 aromatic heterocycles. The molecule has 3 aromatic rings. The third-order valence-electron chi connectivity index (χ3n) is 6.72. The van der Waals surface area contributed by atoms with Gasteiger partial charge in [0.25, 0.3) is 0 Å². The second kappa shape index (κ2) is 6.69. The van der Waals surface area contributed by atoms with Crippen LogP contribution in [0.4, 0.5) is 5.82 Å². The molecule has 2 bridgehead atoms. The Labute approximate surface area is 176 Å². The summed E-state index contributed by atoms with van der Waals surface area (Å²) in [6.07, 6.45) is 13.6. The van der Waals surface area contributed by atoms with E-state index in [9.17, 15) is 5.11 Å². The smallest absolute Gasteiger partial charge is 0.151 e. The number of phenolic OH excluding ortho intramolecular Hbond substituents is 1. The molecule has 3 atom stereocenters. The zero-order valence-electron chi connectivity index (χ0n) is 17.7. The number of aromatic nitrogens is 4. The normalized spacial score (nSPS) is 27.4. The highest BCUT2D eigenvalue weighted by atomic mass is 16.3. The number of benzene rings is 1. The summed E-state index contributed by atoms with van der Waals surface area (Å²) in [5.74, 6) is 1.04. The van der Waals surface area contributed by atoms with E-state index in [0.29, 0.717) is 17.3 Å². The van der Waals surface area contributed by atoms with Gasteiger partial charge in [-0.3, -0.25) is 0 Å². The zero-order chi connectivity index (χ0) is 20.9. The largest absolute Gasteiger partial charge is 0.507 e. The van der Waals surface area contributed by atoms with Gasteiger partial charge in [0.1, 0.15) is 5.75 Å². The highest BCUT2D eigenvalue weighted by Crippen LogP contribution is 2.54. The van der Waals surface area contributed by atoms with Gasteiger partial charge in [-0.2, -0.15) is 0 Å². The molecule has 1 N–H and O–H groups in total. The van der Waals surface area contributed by atoms with E-state index in [1.165, 1.54) is 6.42 Å². The second-order valence-electron chi connectivity index (χ2n) is 9.44. The molecular weight excluding hydrogens is 374 g/mol. The topological polar surface area (TPSA) is 67.1 Å². The molecule has 6 nitrogen and oxygen atoms in total. The number of fused-ring (bicyclic) bond motifs is 2. The van der Waals surface area contributed by atoms with Crippen LogP contribution in [0.25, 0.3) is 16.9 Å². The summed E-state index contributed by atoms with van der Waals surface area (Å²) in [6, 6.07) is 9.89. The van der Waals surface area contributed by atoms with E-state index in [4.69, 9.17) is 0 Å². The molecule has 0 radical (unpaired) electrons. The van der Waals surface area contributed by atoms with Crippen LogP contribution in [0.2, 0.25) is 0 Å². The van der Waals surface area contributed by atoms with Gasteiger partial charge in [-0.15, -0.1) is 10.2 Å². The van der Waals surface area contributed by atoms with Crippen LogP contribution in [-0.4, -0.2) is 37.9 Å². The molecule has 2 heterocycles. The van der Waals surface area contributed by atoms with Gasteiger partial charge in [-0.05, 0) is 54.4 Å². The molecule has 2 aliphatic carbocycles. The molecule has 1 fully saturated rings. The Bertz CT molecular complexity index is 1070. The van der Waals surface area contributed by atoms with Gasteiger partial charge in [-0.1, -0.05) is 26.0 Å². The number of phenols is 1. The molecular formula is C24H27N5O. The lowest BCUT2D eigenvalue weighted by Crippen LogP contribution is -2.43. The SMILES string of the molecule is CN(c1ccc(-c2ccc(-n3ccnc3)cc2O)nn1)[C@H]1C[C@]2(C)C=C[C@](C)(C1)C2. The van der Waals surface area contributed by atoms with Gasteiger partial charge in [0, 0.05) is 37.1 Å². The number of hydrogen-bond acceptors (Lipinski definition) is 5. The summed E-state index contributed by atoms with van der Waals surface area (Å²) in [5.41, 5.74) is 2.73. The molecule has 5 rings (SSSR count). The van der Waals surface area contributed by atoms with Gasteiger partial charge in [0.2, 0.25) is 0 Å². The average molecular weight is 402 g/mol. The first-order valence-electron chi connectivity index (χ1n) is 10.4. The Morgan fingerprint density at radius 2 is 1.83 bits per heavy atom. The van der Waals surface area contributed by atoms with Crippen molar-refractivity contribution in [3.8, 4) is 22.7 Å². The molecule has 0 amide bonds. The van der Waals surface area contributed by atoms with Crippen LogP contribution < -0.4 is 4.90 Å². The zero-order valence-corrected chi connectivity index (χ0v) is 17.7. The van der Waals surface area contributed by atoms with E-state index in [1.807, 2.05) is 35.0 Å². The maximum absolute atomic E-state index is 10.5. The highest BCUT2D eigenvalue weighted by Gasteiger charge is 2.46. The maximum Gasteiger partial charge on any atom is 0.151 e.